The molecule has 0 aliphatic rings. The van der Waals surface area contributed by atoms with Crippen LogP contribution in [-0.2, 0) is 0 Å². The Balaban J connectivity index is 2.24. The molecule has 1 aromatic carbocycles. The quantitative estimate of drug-likeness (QED) is 0.834. The topological polar surface area (TPSA) is 54.3 Å². The van der Waals surface area contributed by atoms with Gasteiger partial charge in [0, 0.05) is 41.8 Å². The lowest BCUT2D eigenvalue weighted by Gasteiger charge is -2.19. The van der Waals surface area contributed by atoms with Crippen LogP contribution in [0.1, 0.15) is 65.8 Å². The summed E-state index contributed by atoms with van der Waals surface area (Å²) < 4.78 is 2.15. The molecule has 1 N–H and O–H groups in total. The van der Waals surface area contributed by atoms with Crippen molar-refractivity contribution in [3.05, 3.63) is 52.8 Å². The Kier molecular flexibility index (Phi) is 6.24. The van der Waals surface area contributed by atoms with Crippen molar-refractivity contribution in [3.8, 4) is 0 Å². The summed E-state index contributed by atoms with van der Waals surface area (Å²) >= 11 is 0. The predicted octanol–water partition coefficient (Wildman–Crippen LogP) is 4.42. The number of hydrogen-bond acceptors (Lipinski definition) is 2. The number of nitrogens with zero attached hydrogens (tertiary/aromatic N) is 2. The zero-order valence-electron chi connectivity index (χ0n) is 16.6. The molecule has 0 unspecified atom stereocenters. The molecule has 0 aliphatic heterocycles. The van der Waals surface area contributed by atoms with Crippen LogP contribution < -0.4 is 5.32 Å². The van der Waals surface area contributed by atoms with Crippen LogP contribution in [0.15, 0.2) is 30.3 Å². The van der Waals surface area contributed by atoms with Crippen LogP contribution in [0.5, 0.6) is 0 Å². The number of nitrogens with one attached hydrogen (secondary N) is 1. The molecule has 26 heavy (non-hydrogen) atoms. The van der Waals surface area contributed by atoms with Crippen LogP contribution in [0.2, 0.25) is 0 Å². The standard InChI is InChI=1S/C21H29N3O2/c1-7-23(8-2)21(26)17-10-9-11-18(13-17)22-20(25)19-12-15(5)24(14(3)4)16(19)6/h9-14H,7-8H2,1-6H3,(H,22,25). The minimum absolute atomic E-state index is 0.0240. The van der Waals surface area contributed by atoms with Crippen molar-refractivity contribution in [1.29, 1.82) is 0 Å². The second-order valence-electron chi connectivity index (χ2n) is 6.76. The number of aryl methyl sites for hydroxylation is 1. The first-order chi connectivity index (χ1) is 12.3. The van der Waals surface area contributed by atoms with Gasteiger partial charge in [-0.05, 0) is 65.8 Å². The minimum Gasteiger partial charge on any atom is -0.346 e. The Morgan fingerprint density at radius 2 is 1.77 bits per heavy atom. The van der Waals surface area contributed by atoms with E-state index in [1.165, 1.54) is 0 Å². The maximum atomic E-state index is 12.7. The van der Waals surface area contributed by atoms with Crippen molar-refractivity contribution < 1.29 is 9.59 Å². The van der Waals surface area contributed by atoms with Crippen molar-refractivity contribution >= 4 is 17.5 Å². The number of amides is 2. The highest BCUT2D eigenvalue weighted by molar-refractivity contribution is 6.06. The molecule has 0 saturated carbocycles. The monoisotopic (exact) mass is 355 g/mol. The molecule has 0 fully saturated rings. The number of benzene rings is 1. The van der Waals surface area contributed by atoms with Crippen molar-refractivity contribution in [3.63, 3.8) is 0 Å². The minimum atomic E-state index is -0.155. The summed E-state index contributed by atoms with van der Waals surface area (Å²) in [6, 6.07) is 9.32. The summed E-state index contributed by atoms with van der Waals surface area (Å²) in [6.07, 6.45) is 0. The molecule has 5 nitrogen and oxygen atoms in total. The first-order valence-electron chi connectivity index (χ1n) is 9.19. The third kappa shape index (κ3) is 3.98. The Morgan fingerprint density at radius 3 is 2.31 bits per heavy atom. The number of anilines is 1. The van der Waals surface area contributed by atoms with Gasteiger partial charge in [0.2, 0.25) is 0 Å². The zero-order chi connectivity index (χ0) is 19.4. The largest absolute Gasteiger partial charge is 0.346 e. The van der Waals surface area contributed by atoms with Gasteiger partial charge in [-0.2, -0.15) is 0 Å². The number of aromatic nitrogens is 1. The van der Waals surface area contributed by atoms with Crippen LogP contribution in [0.3, 0.4) is 0 Å². The highest BCUT2D eigenvalue weighted by atomic mass is 16.2. The van der Waals surface area contributed by atoms with Gasteiger partial charge in [0.05, 0.1) is 5.56 Å². The normalized spacial score (nSPS) is 10.9. The van der Waals surface area contributed by atoms with Crippen LogP contribution in [0, 0.1) is 13.8 Å². The van der Waals surface area contributed by atoms with Crippen LogP contribution in [0.25, 0.3) is 0 Å². The van der Waals surface area contributed by atoms with E-state index >= 15 is 0 Å². The van der Waals surface area contributed by atoms with Gasteiger partial charge < -0.3 is 14.8 Å². The second kappa shape index (κ2) is 8.21. The summed E-state index contributed by atoms with van der Waals surface area (Å²) in [5.41, 5.74) is 3.89. The molecule has 0 spiro atoms. The SMILES string of the molecule is CCN(CC)C(=O)c1cccc(NC(=O)c2cc(C)n(C(C)C)c2C)c1. The van der Waals surface area contributed by atoms with E-state index in [1.807, 2.05) is 33.8 Å². The molecular formula is C21H29N3O2. The molecule has 1 aromatic heterocycles. The molecule has 5 heteroatoms. The fourth-order valence-corrected chi connectivity index (χ4v) is 3.42. The maximum Gasteiger partial charge on any atom is 0.257 e. The van der Waals surface area contributed by atoms with Gasteiger partial charge in [0.25, 0.3) is 11.8 Å². The van der Waals surface area contributed by atoms with E-state index in [0.717, 1.165) is 11.4 Å². The van der Waals surface area contributed by atoms with E-state index in [-0.39, 0.29) is 11.8 Å². The lowest BCUT2D eigenvalue weighted by Crippen LogP contribution is -2.30. The number of rotatable bonds is 6. The molecule has 140 valence electrons. The molecule has 0 radical (unpaired) electrons. The Labute approximate surface area is 156 Å². The molecule has 0 atom stereocenters. The third-order valence-electron chi connectivity index (χ3n) is 4.66. The van der Waals surface area contributed by atoms with Crippen molar-refractivity contribution in [2.45, 2.75) is 47.6 Å². The van der Waals surface area contributed by atoms with E-state index in [9.17, 15) is 9.59 Å². The van der Waals surface area contributed by atoms with Gasteiger partial charge in [0.1, 0.15) is 0 Å². The Hall–Kier alpha value is -2.56. The summed E-state index contributed by atoms with van der Waals surface area (Å²) in [4.78, 5) is 27.0. The number of carbonyl (C=O) groups is 2. The van der Waals surface area contributed by atoms with Crippen LogP contribution in [0.4, 0.5) is 5.69 Å². The fourth-order valence-electron chi connectivity index (χ4n) is 3.42. The molecular weight excluding hydrogens is 326 g/mol. The van der Waals surface area contributed by atoms with Gasteiger partial charge in [-0.15, -0.1) is 0 Å². The highest BCUT2D eigenvalue weighted by Gasteiger charge is 2.18. The molecule has 2 aromatic rings. The molecule has 0 bridgehead atoms. The van der Waals surface area contributed by atoms with Crippen LogP contribution >= 0.6 is 0 Å². The van der Waals surface area contributed by atoms with Crippen molar-refractivity contribution in [2.75, 3.05) is 18.4 Å². The summed E-state index contributed by atoms with van der Waals surface area (Å²) in [7, 11) is 0. The molecule has 1 heterocycles. The van der Waals surface area contributed by atoms with Gasteiger partial charge in [-0.25, -0.2) is 0 Å². The number of hydrogen-bond donors (Lipinski definition) is 1. The maximum absolute atomic E-state index is 12.7. The van der Waals surface area contributed by atoms with E-state index in [2.05, 4.69) is 23.7 Å². The Bertz CT molecular complexity index is 802. The molecule has 2 rings (SSSR count). The van der Waals surface area contributed by atoms with E-state index in [0.29, 0.717) is 35.9 Å². The third-order valence-corrected chi connectivity index (χ3v) is 4.66. The first kappa shape index (κ1) is 19.8. The van der Waals surface area contributed by atoms with E-state index < -0.39 is 0 Å². The Morgan fingerprint density at radius 1 is 1.12 bits per heavy atom. The van der Waals surface area contributed by atoms with E-state index in [4.69, 9.17) is 0 Å². The van der Waals surface area contributed by atoms with E-state index in [1.54, 1.807) is 29.2 Å². The first-order valence-corrected chi connectivity index (χ1v) is 9.19. The van der Waals surface area contributed by atoms with Gasteiger partial charge in [-0.3, -0.25) is 9.59 Å². The van der Waals surface area contributed by atoms with Gasteiger partial charge >= 0.3 is 0 Å². The summed E-state index contributed by atoms with van der Waals surface area (Å²) in [5, 5.41) is 2.93. The van der Waals surface area contributed by atoms with Gasteiger partial charge in [-0.1, -0.05) is 6.07 Å². The van der Waals surface area contributed by atoms with Crippen molar-refractivity contribution in [2.24, 2.45) is 0 Å². The summed E-state index contributed by atoms with van der Waals surface area (Å²) in [6.45, 7) is 13.4. The zero-order valence-corrected chi connectivity index (χ0v) is 16.6. The lowest BCUT2D eigenvalue weighted by atomic mass is 10.1. The average Bonchev–Trinajstić information content (AvgIpc) is 2.90. The fraction of sp³-hybridized carbons (Fsp3) is 0.429. The second-order valence-corrected chi connectivity index (χ2v) is 6.76. The molecule has 0 aliphatic carbocycles. The van der Waals surface area contributed by atoms with Crippen LogP contribution in [-0.4, -0.2) is 34.4 Å². The summed E-state index contributed by atoms with van der Waals surface area (Å²) in [5.74, 6) is -0.179. The number of carbonyl (C=O) groups excluding carboxylic acids is 2. The highest BCUT2D eigenvalue weighted by Crippen LogP contribution is 2.22. The predicted molar refractivity (Wildman–Crippen MR) is 106 cm³/mol. The van der Waals surface area contributed by atoms with Gasteiger partial charge in [0.15, 0.2) is 0 Å². The molecule has 0 saturated heterocycles. The lowest BCUT2D eigenvalue weighted by molar-refractivity contribution is 0.0772. The van der Waals surface area contributed by atoms with Crippen molar-refractivity contribution in [1.82, 2.24) is 9.47 Å². The smallest absolute Gasteiger partial charge is 0.257 e. The average molecular weight is 355 g/mol. The molecule has 2 amide bonds.